The first-order chi connectivity index (χ1) is 10.3. The van der Waals surface area contributed by atoms with Crippen molar-refractivity contribution in [3.8, 4) is 0 Å². The predicted octanol–water partition coefficient (Wildman–Crippen LogP) is 1.10. The molecule has 3 rings (SSSR count). The Morgan fingerprint density at radius 1 is 1.33 bits per heavy atom. The topological polar surface area (TPSA) is 75.4 Å². The van der Waals surface area contributed by atoms with E-state index >= 15 is 0 Å². The molecule has 2 heterocycles. The Labute approximate surface area is 121 Å². The van der Waals surface area contributed by atoms with Gasteiger partial charge in [0, 0.05) is 31.3 Å². The van der Waals surface area contributed by atoms with Crippen LogP contribution in [-0.2, 0) is 6.42 Å². The maximum absolute atomic E-state index is 12.3. The van der Waals surface area contributed by atoms with Gasteiger partial charge in [-0.3, -0.25) is 9.59 Å². The van der Waals surface area contributed by atoms with Gasteiger partial charge >= 0.3 is 0 Å². The molecule has 1 aromatic carbocycles. The third-order valence-electron chi connectivity index (χ3n) is 3.52. The molecular weight excluding hydrogens is 270 g/mol. The molecule has 6 heteroatoms. The zero-order valence-electron chi connectivity index (χ0n) is 11.4. The van der Waals surface area contributed by atoms with Gasteiger partial charge in [-0.15, -0.1) is 0 Å². The minimum atomic E-state index is -0.298. The van der Waals surface area contributed by atoms with E-state index in [0.717, 1.165) is 17.5 Å². The van der Waals surface area contributed by atoms with E-state index in [-0.39, 0.29) is 17.5 Å². The van der Waals surface area contributed by atoms with E-state index in [1.54, 1.807) is 4.90 Å². The number of benzene rings is 1. The van der Waals surface area contributed by atoms with Gasteiger partial charge in [0.1, 0.15) is 6.26 Å². The Morgan fingerprint density at radius 2 is 2.19 bits per heavy atom. The fraction of sp³-hybridized carbons (Fsp3) is 0.267. The maximum Gasteiger partial charge on any atom is 0.273 e. The Kier molecular flexibility index (Phi) is 3.68. The van der Waals surface area contributed by atoms with Gasteiger partial charge in [0.2, 0.25) is 0 Å². The molecule has 108 valence electrons. The molecule has 2 amide bonds. The Morgan fingerprint density at radius 3 is 3.00 bits per heavy atom. The molecule has 1 aliphatic rings. The number of rotatable bonds is 4. The molecule has 0 unspecified atom stereocenters. The van der Waals surface area contributed by atoms with Crippen LogP contribution in [0.15, 0.2) is 41.1 Å². The van der Waals surface area contributed by atoms with E-state index < -0.39 is 0 Å². The van der Waals surface area contributed by atoms with Crippen LogP contribution in [0.3, 0.4) is 0 Å². The Bertz CT molecular complexity index is 652. The SMILES string of the molecule is O=C(NCCN1CCc2ccccc2C1=O)c1ccon1. The summed E-state index contributed by atoms with van der Waals surface area (Å²) >= 11 is 0. The van der Waals surface area contributed by atoms with Crippen LogP contribution in [0.4, 0.5) is 0 Å². The van der Waals surface area contributed by atoms with Gasteiger partial charge in [-0.2, -0.15) is 0 Å². The lowest BCUT2D eigenvalue weighted by molar-refractivity contribution is 0.0733. The summed E-state index contributed by atoms with van der Waals surface area (Å²) in [6.07, 6.45) is 2.19. The molecule has 1 N–H and O–H groups in total. The van der Waals surface area contributed by atoms with Crippen molar-refractivity contribution < 1.29 is 14.1 Å². The summed E-state index contributed by atoms with van der Waals surface area (Å²) in [5.41, 5.74) is 2.09. The summed E-state index contributed by atoms with van der Waals surface area (Å²) in [5, 5.41) is 6.28. The van der Waals surface area contributed by atoms with E-state index in [1.165, 1.54) is 12.3 Å². The molecule has 2 aromatic rings. The summed E-state index contributed by atoms with van der Waals surface area (Å²) in [4.78, 5) is 25.8. The molecule has 0 bridgehead atoms. The number of amides is 2. The summed E-state index contributed by atoms with van der Waals surface area (Å²) < 4.78 is 4.61. The molecular formula is C15H15N3O3. The van der Waals surface area contributed by atoms with Gasteiger partial charge in [-0.1, -0.05) is 23.4 Å². The van der Waals surface area contributed by atoms with Gasteiger partial charge in [-0.25, -0.2) is 0 Å². The molecule has 1 aromatic heterocycles. The van der Waals surface area contributed by atoms with Gasteiger partial charge in [-0.05, 0) is 18.1 Å². The summed E-state index contributed by atoms with van der Waals surface area (Å²) in [6.45, 7) is 1.55. The molecule has 6 nitrogen and oxygen atoms in total. The van der Waals surface area contributed by atoms with E-state index in [2.05, 4.69) is 15.0 Å². The number of carbonyl (C=O) groups excluding carboxylic acids is 2. The molecule has 0 spiro atoms. The molecule has 21 heavy (non-hydrogen) atoms. The van der Waals surface area contributed by atoms with Crippen LogP contribution in [0.2, 0.25) is 0 Å². The third-order valence-corrected chi connectivity index (χ3v) is 3.52. The normalized spacial score (nSPS) is 13.9. The van der Waals surface area contributed by atoms with Crippen molar-refractivity contribution in [3.05, 3.63) is 53.4 Å². The number of hydrogen-bond acceptors (Lipinski definition) is 4. The second-order valence-corrected chi connectivity index (χ2v) is 4.84. The van der Waals surface area contributed by atoms with Gasteiger partial charge in [0.05, 0.1) is 0 Å². The standard InChI is InChI=1S/C15H15N3O3/c19-14(13-6-10-21-17-13)16-7-9-18-8-5-11-3-1-2-4-12(11)15(18)20/h1-4,6,10H,5,7-9H2,(H,16,19). The van der Waals surface area contributed by atoms with Crippen LogP contribution < -0.4 is 5.32 Å². The summed E-state index contributed by atoms with van der Waals surface area (Å²) in [6, 6.07) is 9.14. The quantitative estimate of drug-likeness (QED) is 0.913. The predicted molar refractivity (Wildman–Crippen MR) is 74.9 cm³/mol. The van der Waals surface area contributed by atoms with Crippen LogP contribution in [0.5, 0.6) is 0 Å². The fourth-order valence-electron chi connectivity index (χ4n) is 2.41. The van der Waals surface area contributed by atoms with Crippen molar-refractivity contribution in [2.24, 2.45) is 0 Å². The molecule has 0 radical (unpaired) electrons. The van der Waals surface area contributed by atoms with Crippen molar-refractivity contribution in [1.29, 1.82) is 0 Å². The fourth-order valence-corrected chi connectivity index (χ4v) is 2.41. The molecule has 0 fully saturated rings. The summed E-state index contributed by atoms with van der Waals surface area (Å²) in [7, 11) is 0. The maximum atomic E-state index is 12.3. The molecule has 0 aliphatic carbocycles. The van der Waals surface area contributed by atoms with Crippen LogP contribution in [-0.4, -0.2) is 41.5 Å². The van der Waals surface area contributed by atoms with E-state index in [1.807, 2.05) is 24.3 Å². The van der Waals surface area contributed by atoms with E-state index in [4.69, 9.17) is 0 Å². The summed E-state index contributed by atoms with van der Waals surface area (Å²) in [5.74, 6) is -0.277. The van der Waals surface area contributed by atoms with Crippen molar-refractivity contribution in [2.75, 3.05) is 19.6 Å². The van der Waals surface area contributed by atoms with Crippen LogP contribution in [0.1, 0.15) is 26.4 Å². The first kappa shape index (κ1) is 13.4. The zero-order chi connectivity index (χ0) is 14.7. The number of hydrogen-bond donors (Lipinski definition) is 1. The molecule has 0 saturated heterocycles. The van der Waals surface area contributed by atoms with Crippen LogP contribution in [0.25, 0.3) is 0 Å². The first-order valence-electron chi connectivity index (χ1n) is 6.81. The first-order valence-corrected chi connectivity index (χ1v) is 6.81. The van der Waals surface area contributed by atoms with Gasteiger partial charge in [0.15, 0.2) is 5.69 Å². The highest BCUT2D eigenvalue weighted by atomic mass is 16.5. The lowest BCUT2D eigenvalue weighted by Crippen LogP contribution is -2.42. The number of aromatic nitrogens is 1. The Hall–Kier alpha value is -2.63. The van der Waals surface area contributed by atoms with Crippen molar-refractivity contribution in [3.63, 3.8) is 0 Å². The Balaban J connectivity index is 1.55. The highest BCUT2D eigenvalue weighted by Crippen LogP contribution is 2.17. The minimum Gasteiger partial charge on any atom is -0.364 e. The lowest BCUT2D eigenvalue weighted by atomic mass is 9.99. The van der Waals surface area contributed by atoms with Crippen molar-refractivity contribution >= 4 is 11.8 Å². The highest BCUT2D eigenvalue weighted by molar-refractivity contribution is 5.96. The zero-order valence-corrected chi connectivity index (χ0v) is 11.4. The van der Waals surface area contributed by atoms with Gasteiger partial charge in [0.25, 0.3) is 11.8 Å². The smallest absolute Gasteiger partial charge is 0.273 e. The van der Waals surface area contributed by atoms with Crippen LogP contribution in [0, 0.1) is 0 Å². The highest BCUT2D eigenvalue weighted by Gasteiger charge is 2.23. The number of nitrogens with one attached hydrogen (secondary N) is 1. The second-order valence-electron chi connectivity index (χ2n) is 4.84. The van der Waals surface area contributed by atoms with Crippen molar-refractivity contribution in [1.82, 2.24) is 15.4 Å². The second kappa shape index (κ2) is 5.78. The third kappa shape index (κ3) is 2.79. The molecule has 0 atom stereocenters. The average Bonchev–Trinajstić information content (AvgIpc) is 3.04. The van der Waals surface area contributed by atoms with Gasteiger partial charge < -0.3 is 14.7 Å². The van der Waals surface area contributed by atoms with Crippen LogP contribution >= 0.6 is 0 Å². The van der Waals surface area contributed by atoms with E-state index in [9.17, 15) is 9.59 Å². The van der Waals surface area contributed by atoms with E-state index in [0.29, 0.717) is 19.6 Å². The number of nitrogens with zero attached hydrogens (tertiary/aromatic N) is 2. The molecule has 0 saturated carbocycles. The van der Waals surface area contributed by atoms with Crippen molar-refractivity contribution in [2.45, 2.75) is 6.42 Å². The number of carbonyl (C=O) groups is 2. The number of fused-ring (bicyclic) bond motifs is 1. The lowest BCUT2D eigenvalue weighted by Gasteiger charge is -2.28. The average molecular weight is 285 g/mol. The monoisotopic (exact) mass is 285 g/mol. The minimum absolute atomic E-state index is 0.0209. The molecule has 1 aliphatic heterocycles. The largest absolute Gasteiger partial charge is 0.364 e.